The van der Waals surface area contributed by atoms with Crippen LogP contribution in [0.2, 0.25) is 0 Å². The van der Waals surface area contributed by atoms with Crippen molar-refractivity contribution in [3.63, 3.8) is 0 Å². The molecular weight excluding hydrogens is 362 g/mol. The molecule has 0 bridgehead atoms. The van der Waals surface area contributed by atoms with Crippen LogP contribution < -0.4 is 0 Å². The van der Waals surface area contributed by atoms with E-state index in [1.165, 1.54) is 24.8 Å². The molecule has 0 radical (unpaired) electrons. The van der Waals surface area contributed by atoms with Crippen LogP contribution in [0.1, 0.15) is 50.5 Å². The Morgan fingerprint density at radius 3 is 2.72 bits per heavy atom. The highest BCUT2D eigenvalue weighted by atomic mass is 16.6. The van der Waals surface area contributed by atoms with Crippen LogP contribution in [0.25, 0.3) is 0 Å². The summed E-state index contributed by atoms with van der Waals surface area (Å²) in [6, 6.07) is 13.6. The van der Waals surface area contributed by atoms with E-state index in [9.17, 15) is 5.26 Å². The van der Waals surface area contributed by atoms with Crippen LogP contribution >= 0.6 is 0 Å². The van der Waals surface area contributed by atoms with Gasteiger partial charge in [0.2, 0.25) is 0 Å². The minimum absolute atomic E-state index is 0.104. The fraction of sp³-hybridized carbons (Fsp3) is 0.542. The van der Waals surface area contributed by atoms with E-state index in [2.05, 4.69) is 52.3 Å². The first-order valence-electron chi connectivity index (χ1n) is 10.8. The lowest BCUT2D eigenvalue weighted by atomic mass is 9.81. The largest absolute Gasteiger partial charge is 0.501 e. The Labute approximate surface area is 173 Å². The highest BCUT2D eigenvalue weighted by molar-refractivity contribution is 5.31. The fourth-order valence-electron chi connectivity index (χ4n) is 5.80. The first-order valence-corrected chi connectivity index (χ1v) is 10.8. The molecule has 5 rings (SSSR count). The van der Waals surface area contributed by atoms with Gasteiger partial charge in [0.25, 0.3) is 0 Å². The molecule has 0 N–H and O–H groups in total. The first-order chi connectivity index (χ1) is 14.3. The Bertz CT molecular complexity index is 851. The average Bonchev–Trinajstić information content (AvgIpc) is 3.21. The molecule has 1 spiro atoms. The molecule has 1 aromatic rings. The van der Waals surface area contributed by atoms with Crippen LogP contribution in [-0.4, -0.2) is 40.9 Å². The quantitative estimate of drug-likeness (QED) is 0.720. The fourth-order valence-corrected chi connectivity index (χ4v) is 5.80. The molecule has 2 heterocycles. The number of nitrogens with zero attached hydrogens (tertiary/aromatic N) is 3. The zero-order valence-corrected chi connectivity index (χ0v) is 17.1. The van der Waals surface area contributed by atoms with Gasteiger partial charge in [-0.2, -0.15) is 5.26 Å². The van der Waals surface area contributed by atoms with Crippen molar-refractivity contribution in [2.45, 2.75) is 75.5 Å². The summed E-state index contributed by atoms with van der Waals surface area (Å²) in [6.45, 7) is 0.843. The summed E-state index contributed by atoms with van der Waals surface area (Å²) in [5.74, 6) is 1.06. The Kier molecular flexibility index (Phi) is 4.85. The first kappa shape index (κ1) is 18.7. The molecule has 152 valence electrons. The lowest BCUT2D eigenvalue weighted by Gasteiger charge is -2.39. The number of ether oxygens (including phenoxy) is 2. The van der Waals surface area contributed by atoms with Crippen molar-refractivity contribution in [1.29, 1.82) is 5.26 Å². The predicted molar refractivity (Wildman–Crippen MR) is 110 cm³/mol. The van der Waals surface area contributed by atoms with Crippen molar-refractivity contribution in [3.8, 4) is 6.07 Å². The maximum Gasteiger partial charge on any atom is 0.191 e. The standard InChI is InChI=1S/C24H29N3O2/c1-28-19-10-11-20-21(16-19)26(17-18-8-4-2-5-9-18)23-27(20)22(12-15-25)24(29-23)13-6-3-7-14-24/h2,4-5,8-10,12,20-21,23H,3,6-7,11,13-14,16-17H2,1H3/b22-12-. The van der Waals surface area contributed by atoms with E-state index in [1.54, 1.807) is 13.2 Å². The third kappa shape index (κ3) is 3.06. The second-order valence-electron chi connectivity index (χ2n) is 8.67. The number of rotatable bonds is 3. The highest BCUT2D eigenvalue weighted by Gasteiger charge is 2.60. The molecule has 2 aliphatic carbocycles. The topological polar surface area (TPSA) is 48.7 Å². The third-order valence-electron chi connectivity index (χ3n) is 7.16. The van der Waals surface area contributed by atoms with E-state index < -0.39 is 0 Å². The zero-order chi connectivity index (χ0) is 19.8. The molecule has 0 aromatic heterocycles. The molecule has 1 saturated carbocycles. The number of benzene rings is 1. The maximum atomic E-state index is 9.58. The minimum atomic E-state index is -0.288. The SMILES string of the molecule is COC1=CCC2C(C1)N(Cc1ccccc1)C1OC3(CCCCC3)/C(=C/C#N)N21. The third-order valence-corrected chi connectivity index (χ3v) is 7.16. The van der Waals surface area contributed by atoms with E-state index in [0.29, 0.717) is 12.1 Å². The summed E-state index contributed by atoms with van der Waals surface area (Å²) in [6.07, 6.45) is 11.3. The molecule has 5 nitrogen and oxygen atoms in total. The minimum Gasteiger partial charge on any atom is -0.501 e. The van der Waals surface area contributed by atoms with E-state index in [-0.39, 0.29) is 12.0 Å². The molecule has 3 unspecified atom stereocenters. The molecule has 2 saturated heterocycles. The van der Waals surface area contributed by atoms with Gasteiger partial charge in [0, 0.05) is 25.1 Å². The summed E-state index contributed by atoms with van der Waals surface area (Å²) in [5.41, 5.74) is 2.12. The van der Waals surface area contributed by atoms with Gasteiger partial charge in [-0.1, -0.05) is 49.6 Å². The molecule has 4 aliphatic rings. The van der Waals surface area contributed by atoms with Gasteiger partial charge in [0.15, 0.2) is 6.35 Å². The van der Waals surface area contributed by atoms with Crippen LogP contribution in [0.15, 0.2) is 53.9 Å². The summed E-state index contributed by atoms with van der Waals surface area (Å²) in [7, 11) is 1.76. The molecule has 1 aromatic carbocycles. The Morgan fingerprint density at radius 2 is 2.00 bits per heavy atom. The van der Waals surface area contributed by atoms with Gasteiger partial charge in [-0.15, -0.1) is 0 Å². The molecule has 0 amide bonds. The molecular formula is C24H29N3O2. The Hall–Kier alpha value is -2.29. The van der Waals surface area contributed by atoms with E-state index in [0.717, 1.165) is 43.7 Å². The second-order valence-corrected chi connectivity index (χ2v) is 8.67. The zero-order valence-electron chi connectivity index (χ0n) is 17.1. The van der Waals surface area contributed by atoms with Crippen molar-refractivity contribution >= 4 is 0 Å². The Balaban J connectivity index is 1.54. The van der Waals surface area contributed by atoms with Crippen LogP contribution in [0.5, 0.6) is 0 Å². The van der Waals surface area contributed by atoms with Gasteiger partial charge in [-0.3, -0.25) is 4.90 Å². The van der Waals surface area contributed by atoms with Crippen LogP contribution in [0.3, 0.4) is 0 Å². The molecule has 3 fully saturated rings. The highest BCUT2D eigenvalue weighted by Crippen LogP contribution is 2.53. The number of fused-ring (bicyclic) bond motifs is 3. The number of hydrogen-bond donors (Lipinski definition) is 0. The van der Waals surface area contributed by atoms with Crippen molar-refractivity contribution in [3.05, 3.63) is 59.5 Å². The number of methoxy groups -OCH3 is 1. The van der Waals surface area contributed by atoms with Crippen molar-refractivity contribution < 1.29 is 9.47 Å². The van der Waals surface area contributed by atoms with Crippen molar-refractivity contribution in [1.82, 2.24) is 9.80 Å². The molecule has 2 aliphatic heterocycles. The summed E-state index contributed by atoms with van der Waals surface area (Å²) in [5, 5.41) is 9.58. The van der Waals surface area contributed by atoms with Gasteiger partial charge in [-0.05, 0) is 30.9 Å². The number of allylic oxidation sites excluding steroid dienone is 1. The monoisotopic (exact) mass is 391 g/mol. The van der Waals surface area contributed by atoms with Crippen LogP contribution in [0, 0.1) is 11.3 Å². The van der Waals surface area contributed by atoms with Crippen molar-refractivity contribution in [2.75, 3.05) is 7.11 Å². The summed E-state index contributed by atoms with van der Waals surface area (Å²) < 4.78 is 12.5. The molecule has 3 atom stereocenters. The number of nitriles is 1. The van der Waals surface area contributed by atoms with Gasteiger partial charge in [-0.25, -0.2) is 0 Å². The van der Waals surface area contributed by atoms with Gasteiger partial charge in [0.1, 0.15) is 5.60 Å². The number of hydrogen-bond acceptors (Lipinski definition) is 5. The summed E-state index contributed by atoms with van der Waals surface area (Å²) >= 11 is 0. The van der Waals surface area contributed by atoms with Gasteiger partial charge < -0.3 is 14.4 Å². The lowest BCUT2D eigenvalue weighted by molar-refractivity contribution is -0.132. The summed E-state index contributed by atoms with van der Waals surface area (Å²) in [4.78, 5) is 4.94. The Morgan fingerprint density at radius 1 is 1.21 bits per heavy atom. The smallest absolute Gasteiger partial charge is 0.191 e. The predicted octanol–water partition coefficient (Wildman–Crippen LogP) is 4.29. The normalized spacial score (nSPS) is 32.0. The second kappa shape index (κ2) is 7.51. The van der Waals surface area contributed by atoms with Crippen LogP contribution in [-0.2, 0) is 16.0 Å². The van der Waals surface area contributed by atoms with E-state index in [1.807, 2.05) is 0 Å². The van der Waals surface area contributed by atoms with Crippen LogP contribution in [0.4, 0.5) is 0 Å². The van der Waals surface area contributed by atoms with Crippen molar-refractivity contribution in [2.24, 2.45) is 0 Å². The molecule has 29 heavy (non-hydrogen) atoms. The van der Waals surface area contributed by atoms with E-state index in [4.69, 9.17) is 9.47 Å². The maximum absolute atomic E-state index is 9.58. The van der Waals surface area contributed by atoms with Gasteiger partial charge >= 0.3 is 0 Å². The average molecular weight is 392 g/mol. The van der Waals surface area contributed by atoms with Gasteiger partial charge in [0.05, 0.1) is 30.7 Å². The van der Waals surface area contributed by atoms with E-state index >= 15 is 0 Å². The molecule has 5 heteroatoms. The lowest BCUT2D eigenvalue weighted by Crippen LogP contribution is -2.45.